The maximum Gasteiger partial charge on any atom is 0.398 e. The van der Waals surface area contributed by atoms with E-state index in [4.69, 9.17) is 0 Å². The maximum absolute atomic E-state index is 15.2. The Labute approximate surface area is 229 Å². The fourth-order valence-electron chi connectivity index (χ4n) is 4.97. The number of amides is 1. The average Bonchev–Trinajstić information content (AvgIpc) is 3.51. The number of hydrogen-bond acceptors (Lipinski definition) is 7. The zero-order chi connectivity index (χ0) is 28.8. The second-order valence-corrected chi connectivity index (χ2v) is 10.3. The molecule has 0 spiro atoms. The van der Waals surface area contributed by atoms with E-state index in [0.29, 0.717) is 43.6 Å². The molecule has 0 bridgehead atoms. The van der Waals surface area contributed by atoms with Gasteiger partial charge in [0.05, 0.1) is 17.6 Å². The Bertz CT molecular complexity index is 1390. The number of hydrazine groups is 2. The molecule has 2 unspecified atom stereocenters. The molecule has 2 aliphatic heterocycles. The first kappa shape index (κ1) is 27.7. The number of nitrogens with one attached hydrogen (secondary N) is 3. The van der Waals surface area contributed by atoms with Crippen LogP contribution in [0.3, 0.4) is 0 Å². The Morgan fingerprint density at radius 3 is 2.50 bits per heavy atom. The molecule has 3 aliphatic rings. The van der Waals surface area contributed by atoms with Crippen LogP contribution in [0.1, 0.15) is 16.8 Å². The molecule has 13 heteroatoms. The minimum Gasteiger partial charge on any atom is -0.370 e. The van der Waals surface area contributed by atoms with Crippen molar-refractivity contribution in [3.8, 4) is 0 Å². The van der Waals surface area contributed by atoms with Crippen LogP contribution in [0.5, 0.6) is 0 Å². The molecule has 1 fully saturated rings. The summed E-state index contributed by atoms with van der Waals surface area (Å²) >= 11 is 0. The highest BCUT2D eigenvalue weighted by Gasteiger charge is 2.48. The first-order chi connectivity index (χ1) is 18.9. The van der Waals surface area contributed by atoms with Crippen LogP contribution in [0, 0.1) is 19.8 Å². The van der Waals surface area contributed by atoms with Crippen molar-refractivity contribution in [1.29, 1.82) is 0 Å². The SMILES string of the molecule is Cc1ccc(NC(=O)C2=CC(C(F)(F)F)C(F)C(N3CCN(C)CC3)=C2)cc1N1C=C(c2cnn(C)c2C)NN1. The molecule has 2 atom stereocenters. The van der Waals surface area contributed by atoms with Crippen molar-refractivity contribution in [3.63, 3.8) is 0 Å². The van der Waals surface area contributed by atoms with Crippen LogP contribution < -0.4 is 21.3 Å². The maximum atomic E-state index is 15.2. The standard InChI is InChI=1S/C27H32F4N8O/c1-16-5-6-19(13-23(16)39-15-22(34-35-39)20-14-32-37(4)17(20)2)33-26(40)18-11-21(27(29,30)31)25(28)24(12-18)38-9-7-36(3)8-10-38/h5-6,11-15,21,25,34-35H,7-10H2,1-4H3,(H,33,40). The Morgan fingerprint density at radius 2 is 1.85 bits per heavy atom. The molecule has 0 saturated carbocycles. The number of alkyl halides is 4. The second kappa shape index (κ2) is 10.6. The highest BCUT2D eigenvalue weighted by atomic mass is 19.4. The van der Waals surface area contributed by atoms with E-state index in [1.54, 1.807) is 39.0 Å². The summed E-state index contributed by atoms with van der Waals surface area (Å²) in [5.74, 6) is -3.14. The smallest absolute Gasteiger partial charge is 0.370 e. The quantitative estimate of drug-likeness (QED) is 0.484. The molecular weight excluding hydrogens is 528 g/mol. The average molecular weight is 561 g/mol. The molecule has 214 valence electrons. The van der Waals surface area contributed by atoms with Crippen molar-refractivity contribution in [2.24, 2.45) is 13.0 Å². The van der Waals surface area contributed by atoms with E-state index in [2.05, 4.69) is 21.4 Å². The Morgan fingerprint density at radius 1 is 1.12 bits per heavy atom. The van der Waals surface area contributed by atoms with Crippen LogP contribution in [-0.4, -0.2) is 71.1 Å². The number of nitrogens with zero attached hydrogens (tertiary/aromatic N) is 5. The molecule has 5 rings (SSSR count). The summed E-state index contributed by atoms with van der Waals surface area (Å²) in [6.45, 7) is 5.80. The minimum atomic E-state index is -4.83. The second-order valence-electron chi connectivity index (χ2n) is 10.3. The van der Waals surface area contributed by atoms with Gasteiger partial charge in [0, 0.05) is 67.6 Å². The first-order valence-electron chi connectivity index (χ1n) is 12.9. The highest BCUT2D eigenvalue weighted by Crippen LogP contribution is 2.40. The molecule has 1 aromatic heterocycles. The highest BCUT2D eigenvalue weighted by molar-refractivity contribution is 6.06. The van der Waals surface area contributed by atoms with Gasteiger partial charge < -0.3 is 20.5 Å². The number of aromatic nitrogens is 2. The van der Waals surface area contributed by atoms with Gasteiger partial charge in [0.25, 0.3) is 5.91 Å². The van der Waals surface area contributed by atoms with Crippen molar-refractivity contribution < 1.29 is 22.4 Å². The molecule has 1 saturated heterocycles. The van der Waals surface area contributed by atoms with E-state index in [0.717, 1.165) is 22.5 Å². The number of carbonyl (C=O) groups is 1. The van der Waals surface area contributed by atoms with Crippen molar-refractivity contribution in [3.05, 3.63) is 70.8 Å². The lowest BCUT2D eigenvalue weighted by Gasteiger charge is -2.39. The predicted octanol–water partition coefficient (Wildman–Crippen LogP) is 3.39. The van der Waals surface area contributed by atoms with Crippen LogP contribution in [-0.2, 0) is 11.8 Å². The number of anilines is 2. The Kier molecular flexibility index (Phi) is 7.36. The number of benzene rings is 1. The zero-order valence-electron chi connectivity index (χ0n) is 22.7. The van der Waals surface area contributed by atoms with E-state index in [1.807, 2.05) is 39.0 Å². The van der Waals surface area contributed by atoms with Crippen molar-refractivity contribution in [2.45, 2.75) is 26.2 Å². The van der Waals surface area contributed by atoms with Gasteiger partial charge in [-0.05, 0) is 44.7 Å². The van der Waals surface area contributed by atoms with Gasteiger partial charge in [0.1, 0.15) is 5.92 Å². The third-order valence-corrected chi connectivity index (χ3v) is 7.59. The first-order valence-corrected chi connectivity index (χ1v) is 12.9. The molecule has 1 amide bonds. The number of carbonyl (C=O) groups excluding carboxylic acids is 1. The molecule has 9 nitrogen and oxygen atoms in total. The summed E-state index contributed by atoms with van der Waals surface area (Å²) in [5.41, 5.74) is 10.5. The van der Waals surface area contributed by atoms with Gasteiger partial charge in [-0.1, -0.05) is 12.1 Å². The van der Waals surface area contributed by atoms with E-state index in [-0.39, 0.29) is 11.3 Å². The minimum absolute atomic E-state index is 0.108. The third-order valence-electron chi connectivity index (χ3n) is 7.59. The van der Waals surface area contributed by atoms with Crippen molar-refractivity contribution >= 4 is 23.0 Å². The van der Waals surface area contributed by atoms with Crippen LogP contribution >= 0.6 is 0 Å². The van der Waals surface area contributed by atoms with Gasteiger partial charge in [-0.15, -0.1) is 5.53 Å². The summed E-state index contributed by atoms with van der Waals surface area (Å²) in [6.07, 6.45) is -1.57. The van der Waals surface area contributed by atoms with E-state index in [1.165, 1.54) is 6.08 Å². The van der Waals surface area contributed by atoms with Gasteiger partial charge in [0.15, 0.2) is 6.17 Å². The fraction of sp³-hybridized carbons (Fsp3) is 0.407. The summed E-state index contributed by atoms with van der Waals surface area (Å²) in [4.78, 5) is 16.8. The molecule has 1 aliphatic carbocycles. The summed E-state index contributed by atoms with van der Waals surface area (Å²) in [6, 6.07) is 5.18. The van der Waals surface area contributed by atoms with E-state index < -0.39 is 24.2 Å². The number of piperazine rings is 1. The van der Waals surface area contributed by atoms with Gasteiger partial charge in [-0.25, -0.2) is 4.39 Å². The number of aryl methyl sites for hydroxylation is 2. The third kappa shape index (κ3) is 5.43. The lowest BCUT2D eigenvalue weighted by molar-refractivity contribution is -0.174. The molecule has 2 aromatic rings. The van der Waals surface area contributed by atoms with Crippen molar-refractivity contribution in [2.75, 3.05) is 43.6 Å². The number of halogens is 4. The van der Waals surface area contributed by atoms with E-state index in [9.17, 15) is 18.0 Å². The molecule has 40 heavy (non-hydrogen) atoms. The Hall–Kier alpha value is -3.84. The van der Waals surface area contributed by atoms with Gasteiger partial charge in [-0.3, -0.25) is 14.5 Å². The molecular formula is C27H32F4N8O. The summed E-state index contributed by atoms with van der Waals surface area (Å²) in [5, 5.41) is 8.70. The summed E-state index contributed by atoms with van der Waals surface area (Å²) in [7, 11) is 3.75. The predicted molar refractivity (Wildman–Crippen MR) is 144 cm³/mol. The number of likely N-dealkylation sites (N-methyl/N-ethyl adjacent to an activating group) is 1. The Balaban J connectivity index is 1.38. The number of allylic oxidation sites excluding steroid dienone is 2. The summed E-state index contributed by atoms with van der Waals surface area (Å²) < 4.78 is 58.3. The molecule has 0 radical (unpaired) electrons. The van der Waals surface area contributed by atoms with Crippen LogP contribution in [0.25, 0.3) is 5.70 Å². The van der Waals surface area contributed by atoms with Crippen LogP contribution in [0.15, 0.2) is 54.0 Å². The fourth-order valence-corrected chi connectivity index (χ4v) is 4.97. The normalized spacial score (nSPS) is 22.1. The van der Waals surface area contributed by atoms with Crippen LogP contribution in [0.2, 0.25) is 0 Å². The van der Waals surface area contributed by atoms with E-state index >= 15 is 4.39 Å². The largest absolute Gasteiger partial charge is 0.398 e. The lowest BCUT2D eigenvalue weighted by atomic mass is 9.90. The molecule has 3 heterocycles. The van der Waals surface area contributed by atoms with Gasteiger partial charge >= 0.3 is 6.18 Å². The van der Waals surface area contributed by atoms with Crippen LogP contribution in [0.4, 0.5) is 28.9 Å². The zero-order valence-corrected chi connectivity index (χ0v) is 22.7. The molecule has 3 N–H and O–H groups in total. The monoisotopic (exact) mass is 560 g/mol. The topological polar surface area (TPSA) is 80.7 Å². The number of hydrogen-bond donors (Lipinski definition) is 3. The van der Waals surface area contributed by atoms with Crippen molar-refractivity contribution in [1.82, 2.24) is 30.5 Å². The lowest BCUT2D eigenvalue weighted by Crippen LogP contribution is -2.48. The van der Waals surface area contributed by atoms with Gasteiger partial charge in [0.2, 0.25) is 0 Å². The molecule has 1 aromatic carbocycles. The number of rotatable bonds is 5. The van der Waals surface area contributed by atoms with Gasteiger partial charge in [-0.2, -0.15) is 18.3 Å².